The minimum absolute atomic E-state index is 0.762. The van der Waals surface area contributed by atoms with E-state index in [-0.39, 0.29) is 0 Å². The highest BCUT2D eigenvalue weighted by Crippen LogP contribution is 2.39. The molecular formula is C15H28Si. The summed E-state index contributed by atoms with van der Waals surface area (Å²) in [5.41, 5.74) is 4.73. The van der Waals surface area contributed by atoms with E-state index < -0.39 is 8.07 Å². The molecule has 0 spiro atoms. The first-order valence-corrected chi connectivity index (χ1v) is 8.82. The third-order valence-corrected chi connectivity index (χ3v) is 9.56. The van der Waals surface area contributed by atoms with Gasteiger partial charge in [-0.2, -0.15) is 0 Å². The molecule has 0 saturated heterocycles. The molecule has 0 radical (unpaired) electrons. The largest absolute Gasteiger partial charge is 0.100 e. The summed E-state index contributed by atoms with van der Waals surface area (Å²) in [6.45, 7) is 23.5. The average molecular weight is 236 g/mol. The van der Waals surface area contributed by atoms with Gasteiger partial charge in [-0.3, -0.25) is 0 Å². The highest BCUT2D eigenvalue weighted by atomic mass is 28.3. The number of allylic oxidation sites excluding steroid dienone is 3. The normalized spacial score (nSPS) is 11.6. The lowest BCUT2D eigenvalue weighted by atomic mass is 10.4. The van der Waals surface area contributed by atoms with Crippen molar-refractivity contribution in [3.05, 3.63) is 36.5 Å². The molecule has 0 aromatic heterocycles. The second-order valence-electron chi connectivity index (χ2n) is 5.92. The third kappa shape index (κ3) is 4.98. The van der Waals surface area contributed by atoms with Crippen molar-refractivity contribution in [2.45, 2.75) is 58.3 Å². The van der Waals surface area contributed by atoms with Gasteiger partial charge in [-0.05, 0) is 38.9 Å². The molecule has 0 N–H and O–H groups in total. The van der Waals surface area contributed by atoms with E-state index in [4.69, 9.17) is 0 Å². The van der Waals surface area contributed by atoms with Crippen molar-refractivity contribution in [1.29, 1.82) is 0 Å². The van der Waals surface area contributed by atoms with Crippen LogP contribution in [0.3, 0.4) is 0 Å². The SMILES string of the molecule is C=C(C)C[Si](CC(=C)C)(CC(=C)C)C(C)C. The van der Waals surface area contributed by atoms with Gasteiger partial charge in [-0.15, -0.1) is 19.7 Å². The van der Waals surface area contributed by atoms with Gasteiger partial charge in [0.05, 0.1) is 8.07 Å². The van der Waals surface area contributed by atoms with Crippen LogP contribution in [-0.4, -0.2) is 8.07 Å². The molecular weight excluding hydrogens is 208 g/mol. The van der Waals surface area contributed by atoms with Crippen molar-refractivity contribution in [3.8, 4) is 0 Å². The van der Waals surface area contributed by atoms with E-state index in [1.807, 2.05) is 0 Å². The molecule has 0 nitrogen and oxygen atoms in total. The molecule has 0 unspecified atom stereocenters. The van der Waals surface area contributed by atoms with Gasteiger partial charge < -0.3 is 0 Å². The van der Waals surface area contributed by atoms with Gasteiger partial charge in [0.1, 0.15) is 0 Å². The van der Waals surface area contributed by atoms with Crippen molar-refractivity contribution >= 4 is 8.07 Å². The predicted molar refractivity (Wildman–Crippen MR) is 79.7 cm³/mol. The number of rotatable bonds is 7. The Bertz CT molecular complexity index is 243. The average Bonchev–Trinajstić information content (AvgIpc) is 1.98. The number of hydrogen-bond acceptors (Lipinski definition) is 0. The van der Waals surface area contributed by atoms with Crippen LogP contribution >= 0.6 is 0 Å². The van der Waals surface area contributed by atoms with Gasteiger partial charge in [-0.25, -0.2) is 0 Å². The van der Waals surface area contributed by atoms with Crippen LogP contribution in [0.25, 0.3) is 0 Å². The van der Waals surface area contributed by atoms with E-state index in [2.05, 4.69) is 54.4 Å². The Morgan fingerprint density at radius 3 is 1.19 bits per heavy atom. The third-order valence-electron chi connectivity index (χ3n) is 3.19. The molecule has 0 aliphatic rings. The first-order valence-electron chi connectivity index (χ1n) is 6.13. The highest BCUT2D eigenvalue weighted by Gasteiger charge is 2.35. The van der Waals surface area contributed by atoms with Gasteiger partial charge in [0, 0.05) is 0 Å². The molecule has 0 bridgehead atoms. The maximum Gasteiger partial charge on any atom is 0.0681 e. The molecule has 0 aliphatic heterocycles. The fourth-order valence-electron chi connectivity index (χ4n) is 2.60. The Kier molecular flexibility index (Phi) is 6.02. The smallest absolute Gasteiger partial charge is 0.0681 e. The van der Waals surface area contributed by atoms with Crippen LogP contribution in [0.15, 0.2) is 36.5 Å². The summed E-state index contributed by atoms with van der Waals surface area (Å²) in [6, 6.07) is 3.64. The Morgan fingerprint density at radius 1 is 0.812 bits per heavy atom. The first-order chi connectivity index (χ1) is 7.19. The lowest BCUT2D eigenvalue weighted by Gasteiger charge is -2.37. The van der Waals surface area contributed by atoms with Crippen LogP contribution in [0, 0.1) is 0 Å². The monoisotopic (exact) mass is 236 g/mol. The molecule has 1 heteroatoms. The summed E-state index contributed by atoms with van der Waals surface area (Å²) in [6.07, 6.45) is 0. The second kappa shape index (κ2) is 6.24. The summed E-state index contributed by atoms with van der Waals surface area (Å²) in [4.78, 5) is 0. The maximum atomic E-state index is 4.11. The molecule has 0 rings (SSSR count). The Balaban J connectivity index is 5.10. The van der Waals surface area contributed by atoms with Crippen molar-refractivity contribution in [3.63, 3.8) is 0 Å². The van der Waals surface area contributed by atoms with Crippen molar-refractivity contribution in [2.24, 2.45) is 0 Å². The van der Waals surface area contributed by atoms with Gasteiger partial charge in [0.25, 0.3) is 0 Å². The van der Waals surface area contributed by atoms with Crippen LogP contribution in [0.5, 0.6) is 0 Å². The topological polar surface area (TPSA) is 0 Å². The standard InChI is InChI=1S/C15H28Si/c1-12(2)9-16(15(7)8,10-13(3)4)11-14(5)6/h15H,1,3,5,9-11H2,2,4,6-8H3. The minimum atomic E-state index is -1.36. The maximum absolute atomic E-state index is 4.11. The summed E-state index contributed by atoms with van der Waals surface area (Å²) < 4.78 is 0. The summed E-state index contributed by atoms with van der Waals surface area (Å²) in [7, 11) is -1.36. The zero-order chi connectivity index (χ0) is 12.9. The fourth-order valence-corrected chi connectivity index (χ4v) is 7.81. The van der Waals surface area contributed by atoms with E-state index >= 15 is 0 Å². The summed E-state index contributed by atoms with van der Waals surface area (Å²) in [5, 5.41) is 0. The van der Waals surface area contributed by atoms with Crippen molar-refractivity contribution in [1.82, 2.24) is 0 Å². The summed E-state index contributed by atoms with van der Waals surface area (Å²) in [5.74, 6) is 0. The highest BCUT2D eigenvalue weighted by molar-refractivity contribution is 6.82. The minimum Gasteiger partial charge on any atom is -0.100 e. The van der Waals surface area contributed by atoms with Crippen molar-refractivity contribution < 1.29 is 0 Å². The van der Waals surface area contributed by atoms with Crippen molar-refractivity contribution in [2.75, 3.05) is 0 Å². The molecule has 16 heavy (non-hydrogen) atoms. The van der Waals surface area contributed by atoms with Gasteiger partial charge >= 0.3 is 0 Å². The van der Waals surface area contributed by atoms with Crippen LogP contribution in [-0.2, 0) is 0 Å². The Labute approximate surface area is 103 Å². The quantitative estimate of drug-likeness (QED) is 0.400. The van der Waals surface area contributed by atoms with E-state index in [1.165, 1.54) is 34.9 Å². The second-order valence-corrected chi connectivity index (χ2v) is 10.9. The number of hydrogen-bond donors (Lipinski definition) is 0. The fraction of sp³-hybridized carbons (Fsp3) is 0.600. The molecule has 0 aliphatic carbocycles. The molecule has 0 amide bonds. The Morgan fingerprint density at radius 2 is 1.06 bits per heavy atom. The Hall–Kier alpha value is -0.563. The molecule has 0 saturated carbocycles. The van der Waals surface area contributed by atoms with E-state index in [1.54, 1.807) is 0 Å². The lowest BCUT2D eigenvalue weighted by molar-refractivity contribution is 0.953. The van der Waals surface area contributed by atoms with E-state index in [0.717, 1.165) is 5.54 Å². The molecule has 92 valence electrons. The van der Waals surface area contributed by atoms with Gasteiger partial charge in [0.2, 0.25) is 0 Å². The van der Waals surface area contributed by atoms with E-state index in [0.29, 0.717) is 0 Å². The molecule has 0 atom stereocenters. The van der Waals surface area contributed by atoms with Crippen LogP contribution in [0.1, 0.15) is 34.6 Å². The lowest BCUT2D eigenvalue weighted by Crippen LogP contribution is -2.38. The molecule has 0 heterocycles. The predicted octanol–water partition coefficient (Wildman–Crippen LogP) is 5.57. The molecule has 0 aromatic carbocycles. The molecule has 0 fully saturated rings. The van der Waals surface area contributed by atoms with Crippen LogP contribution in [0.2, 0.25) is 23.7 Å². The molecule has 0 aromatic rings. The zero-order valence-electron chi connectivity index (χ0n) is 11.8. The summed E-state index contributed by atoms with van der Waals surface area (Å²) >= 11 is 0. The first kappa shape index (κ1) is 15.4. The van der Waals surface area contributed by atoms with Gasteiger partial charge in [0.15, 0.2) is 0 Å². The van der Waals surface area contributed by atoms with Crippen LogP contribution < -0.4 is 0 Å². The van der Waals surface area contributed by atoms with Gasteiger partial charge in [-0.1, -0.05) is 36.1 Å². The van der Waals surface area contributed by atoms with Crippen LogP contribution in [0.4, 0.5) is 0 Å². The van der Waals surface area contributed by atoms with E-state index in [9.17, 15) is 0 Å². The zero-order valence-corrected chi connectivity index (χ0v) is 12.8.